The molecule has 1 saturated heterocycles. The minimum absolute atomic E-state index is 0.0510. The predicted octanol–water partition coefficient (Wildman–Crippen LogP) is 0.437. The lowest BCUT2D eigenvalue weighted by atomic mass is 9.95. The molecule has 8 heteroatoms. The Labute approximate surface area is 121 Å². The van der Waals surface area contributed by atoms with Gasteiger partial charge in [0.1, 0.15) is 0 Å². The molecule has 21 heavy (non-hydrogen) atoms. The number of nitrogens with zero attached hydrogens (tertiary/aromatic N) is 2. The SMILES string of the molecule is NNC(=O)C1CCN(C(=O)c2ccc([N+](=O)[O-])cc2)CC1. The quantitative estimate of drug-likeness (QED) is 0.362. The van der Waals surface area contributed by atoms with Gasteiger partial charge in [0.25, 0.3) is 11.6 Å². The number of piperidine rings is 1. The Hall–Kier alpha value is -2.48. The fraction of sp³-hybridized carbons (Fsp3) is 0.385. The van der Waals surface area contributed by atoms with Gasteiger partial charge in [0.15, 0.2) is 0 Å². The van der Waals surface area contributed by atoms with E-state index in [0.717, 1.165) is 0 Å². The van der Waals surface area contributed by atoms with Crippen LogP contribution in [0.15, 0.2) is 24.3 Å². The first-order chi connectivity index (χ1) is 10.0. The van der Waals surface area contributed by atoms with Crippen molar-refractivity contribution in [2.45, 2.75) is 12.8 Å². The predicted molar refractivity (Wildman–Crippen MR) is 74.1 cm³/mol. The zero-order valence-electron chi connectivity index (χ0n) is 11.3. The van der Waals surface area contributed by atoms with Crippen molar-refractivity contribution in [3.8, 4) is 0 Å². The van der Waals surface area contributed by atoms with Gasteiger partial charge in [0.2, 0.25) is 5.91 Å². The number of non-ortho nitro benzene ring substituents is 1. The van der Waals surface area contributed by atoms with Gasteiger partial charge in [0.05, 0.1) is 4.92 Å². The first-order valence-electron chi connectivity index (χ1n) is 6.57. The maximum Gasteiger partial charge on any atom is 0.269 e. The maximum atomic E-state index is 12.3. The summed E-state index contributed by atoms with van der Waals surface area (Å²) in [6, 6.07) is 5.50. The zero-order valence-corrected chi connectivity index (χ0v) is 11.3. The number of hydrogen-bond donors (Lipinski definition) is 2. The number of nitrogens with one attached hydrogen (secondary N) is 1. The van der Waals surface area contributed by atoms with Gasteiger partial charge in [-0.15, -0.1) is 0 Å². The first kappa shape index (κ1) is 14.9. The van der Waals surface area contributed by atoms with Crippen LogP contribution >= 0.6 is 0 Å². The van der Waals surface area contributed by atoms with Gasteiger partial charge in [-0.3, -0.25) is 25.1 Å². The molecule has 1 heterocycles. The van der Waals surface area contributed by atoms with Crippen molar-refractivity contribution in [3.05, 3.63) is 39.9 Å². The molecular weight excluding hydrogens is 276 g/mol. The second kappa shape index (κ2) is 6.31. The number of hydrazine groups is 1. The van der Waals surface area contributed by atoms with E-state index in [0.29, 0.717) is 31.5 Å². The third-order valence-electron chi connectivity index (χ3n) is 3.62. The summed E-state index contributed by atoms with van der Waals surface area (Å²) in [6.07, 6.45) is 1.11. The molecule has 112 valence electrons. The van der Waals surface area contributed by atoms with Gasteiger partial charge in [-0.05, 0) is 25.0 Å². The molecular formula is C13H16N4O4. The molecule has 0 unspecified atom stereocenters. The number of hydrogen-bond acceptors (Lipinski definition) is 5. The van der Waals surface area contributed by atoms with Crippen LogP contribution in [0, 0.1) is 16.0 Å². The Morgan fingerprint density at radius 3 is 2.29 bits per heavy atom. The summed E-state index contributed by atoms with van der Waals surface area (Å²) < 4.78 is 0. The van der Waals surface area contributed by atoms with Crippen molar-refractivity contribution in [2.24, 2.45) is 11.8 Å². The number of nitrogens with two attached hydrogens (primary N) is 1. The van der Waals surface area contributed by atoms with Crippen molar-refractivity contribution >= 4 is 17.5 Å². The average Bonchev–Trinajstić information content (AvgIpc) is 2.53. The molecule has 0 bridgehead atoms. The van der Waals surface area contributed by atoms with Crippen molar-refractivity contribution in [1.29, 1.82) is 0 Å². The maximum absolute atomic E-state index is 12.3. The van der Waals surface area contributed by atoms with E-state index < -0.39 is 4.92 Å². The highest BCUT2D eigenvalue weighted by molar-refractivity contribution is 5.94. The number of likely N-dealkylation sites (tertiary alicyclic amines) is 1. The smallest absolute Gasteiger partial charge is 0.269 e. The van der Waals surface area contributed by atoms with Crippen LogP contribution in [0.4, 0.5) is 5.69 Å². The number of amides is 2. The summed E-state index contributed by atoms with van der Waals surface area (Å²) >= 11 is 0. The Balaban J connectivity index is 1.98. The van der Waals surface area contributed by atoms with E-state index >= 15 is 0 Å². The van der Waals surface area contributed by atoms with Crippen LogP contribution in [-0.2, 0) is 4.79 Å². The van der Waals surface area contributed by atoms with Crippen LogP contribution in [0.1, 0.15) is 23.2 Å². The largest absolute Gasteiger partial charge is 0.339 e. The van der Waals surface area contributed by atoms with E-state index in [1.807, 2.05) is 0 Å². The molecule has 3 N–H and O–H groups in total. The highest BCUT2D eigenvalue weighted by Gasteiger charge is 2.27. The number of benzene rings is 1. The Morgan fingerprint density at radius 2 is 1.81 bits per heavy atom. The van der Waals surface area contributed by atoms with Gasteiger partial charge < -0.3 is 4.90 Å². The van der Waals surface area contributed by atoms with Crippen LogP contribution in [0.25, 0.3) is 0 Å². The van der Waals surface area contributed by atoms with Gasteiger partial charge in [0, 0.05) is 36.7 Å². The van der Waals surface area contributed by atoms with Crippen molar-refractivity contribution in [2.75, 3.05) is 13.1 Å². The van der Waals surface area contributed by atoms with Crippen LogP contribution in [0.5, 0.6) is 0 Å². The fourth-order valence-electron chi connectivity index (χ4n) is 2.37. The third-order valence-corrected chi connectivity index (χ3v) is 3.62. The van der Waals surface area contributed by atoms with E-state index in [1.165, 1.54) is 24.3 Å². The average molecular weight is 292 g/mol. The molecule has 1 aliphatic rings. The van der Waals surface area contributed by atoms with Crippen LogP contribution < -0.4 is 11.3 Å². The molecule has 0 atom stereocenters. The topological polar surface area (TPSA) is 119 Å². The molecule has 1 aromatic rings. The third kappa shape index (κ3) is 3.34. The number of carbonyl (C=O) groups excluding carboxylic acids is 2. The zero-order chi connectivity index (χ0) is 15.4. The fourth-order valence-corrected chi connectivity index (χ4v) is 2.37. The van der Waals surface area contributed by atoms with E-state index in [-0.39, 0.29) is 23.4 Å². The van der Waals surface area contributed by atoms with Crippen molar-refractivity contribution in [3.63, 3.8) is 0 Å². The highest BCUT2D eigenvalue weighted by atomic mass is 16.6. The lowest BCUT2D eigenvalue weighted by molar-refractivity contribution is -0.384. The minimum Gasteiger partial charge on any atom is -0.339 e. The Morgan fingerprint density at radius 1 is 1.24 bits per heavy atom. The van der Waals surface area contributed by atoms with Gasteiger partial charge >= 0.3 is 0 Å². The molecule has 0 aliphatic carbocycles. The summed E-state index contributed by atoms with van der Waals surface area (Å²) in [7, 11) is 0. The molecule has 0 spiro atoms. The van der Waals surface area contributed by atoms with Crippen LogP contribution in [-0.4, -0.2) is 34.7 Å². The second-order valence-electron chi connectivity index (χ2n) is 4.88. The van der Waals surface area contributed by atoms with E-state index in [2.05, 4.69) is 5.43 Å². The first-order valence-corrected chi connectivity index (χ1v) is 6.57. The number of rotatable bonds is 3. The monoisotopic (exact) mass is 292 g/mol. The number of carbonyl (C=O) groups is 2. The molecule has 1 fully saturated rings. The summed E-state index contributed by atoms with van der Waals surface area (Å²) in [5.41, 5.74) is 2.47. The standard InChI is InChI=1S/C13H16N4O4/c14-15-12(18)9-5-7-16(8-6-9)13(19)10-1-3-11(4-2-10)17(20)21/h1-4,9H,5-8,14H2,(H,15,18). The summed E-state index contributed by atoms with van der Waals surface area (Å²) in [5, 5.41) is 10.6. The Bertz CT molecular complexity index is 550. The van der Waals surface area contributed by atoms with Crippen LogP contribution in [0.2, 0.25) is 0 Å². The molecule has 1 aliphatic heterocycles. The summed E-state index contributed by atoms with van der Waals surface area (Å²) in [5.74, 6) is 4.53. The molecule has 0 radical (unpaired) electrons. The van der Waals surface area contributed by atoms with Gasteiger partial charge in [-0.25, -0.2) is 5.84 Å². The lowest BCUT2D eigenvalue weighted by Gasteiger charge is -2.31. The van der Waals surface area contributed by atoms with E-state index in [4.69, 9.17) is 5.84 Å². The highest BCUT2D eigenvalue weighted by Crippen LogP contribution is 2.20. The molecule has 2 rings (SSSR count). The summed E-state index contributed by atoms with van der Waals surface area (Å²) in [6.45, 7) is 0.932. The van der Waals surface area contributed by atoms with Gasteiger partial charge in [-0.1, -0.05) is 0 Å². The molecule has 1 aromatic carbocycles. The lowest BCUT2D eigenvalue weighted by Crippen LogP contribution is -2.44. The molecule has 2 amide bonds. The number of nitro groups is 1. The van der Waals surface area contributed by atoms with Crippen molar-refractivity contribution in [1.82, 2.24) is 10.3 Å². The molecule has 0 aromatic heterocycles. The molecule has 8 nitrogen and oxygen atoms in total. The van der Waals surface area contributed by atoms with Crippen LogP contribution in [0.3, 0.4) is 0 Å². The van der Waals surface area contributed by atoms with Crippen molar-refractivity contribution < 1.29 is 14.5 Å². The van der Waals surface area contributed by atoms with Gasteiger partial charge in [-0.2, -0.15) is 0 Å². The second-order valence-corrected chi connectivity index (χ2v) is 4.88. The summed E-state index contributed by atoms with van der Waals surface area (Å²) in [4.78, 5) is 35.4. The minimum atomic E-state index is -0.509. The Kier molecular flexibility index (Phi) is 4.49. The number of nitro benzene ring substituents is 1. The normalized spacial score (nSPS) is 15.6. The van der Waals surface area contributed by atoms with E-state index in [1.54, 1.807) is 4.90 Å². The molecule has 0 saturated carbocycles. The van der Waals surface area contributed by atoms with E-state index in [9.17, 15) is 19.7 Å².